The number of imidazole rings is 1. The van der Waals surface area contributed by atoms with Gasteiger partial charge in [0.05, 0.1) is 19.8 Å². The standard InChI is InChI=1S/C22H29N3O2/c1-14-9-20(26-3)15(2)8-19(14)22-23-6-7-25(22)17-10-18-13-27-21(16-4-5-16)12-24(18)11-17/h6-9,16-18,21H,4-5,10-13H2,1-3H3/t17-,18+,21-/m1/s1. The molecule has 1 aromatic heterocycles. The topological polar surface area (TPSA) is 39.5 Å². The summed E-state index contributed by atoms with van der Waals surface area (Å²) < 4.78 is 14.0. The highest BCUT2D eigenvalue weighted by Crippen LogP contribution is 2.40. The van der Waals surface area contributed by atoms with Crippen molar-refractivity contribution < 1.29 is 9.47 Å². The van der Waals surface area contributed by atoms with Crippen molar-refractivity contribution >= 4 is 0 Å². The Kier molecular flexibility index (Phi) is 4.25. The lowest BCUT2D eigenvalue weighted by Gasteiger charge is -2.35. The van der Waals surface area contributed by atoms with Crippen molar-refractivity contribution in [1.82, 2.24) is 14.5 Å². The van der Waals surface area contributed by atoms with Crippen LogP contribution in [0, 0.1) is 19.8 Å². The van der Waals surface area contributed by atoms with E-state index < -0.39 is 0 Å². The van der Waals surface area contributed by atoms with Gasteiger partial charge in [-0.05, 0) is 62.3 Å². The second-order valence-electron chi connectivity index (χ2n) is 8.50. The lowest BCUT2D eigenvalue weighted by molar-refractivity contribution is -0.0581. The molecular weight excluding hydrogens is 338 g/mol. The minimum absolute atomic E-state index is 0.466. The molecule has 0 unspecified atom stereocenters. The van der Waals surface area contributed by atoms with E-state index in [0.29, 0.717) is 18.2 Å². The number of nitrogens with zero attached hydrogens (tertiary/aromatic N) is 3. The van der Waals surface area contributed by atoms with Gasteiger partial charge in [0.2, 0.25) is 0 Å². The molecule has 3 aliphatic rings. The van der Waals surface area contributed by atoms with Gasteiger partial charge in [-0.25, -0.2) is 4.98 Å². The molecule has 144 valence electrons. The van der Waals surface area contributed by atoms with Crippen molar-refractivity contribution in [3.05, 3.63) is 35.7 Å². The Balaban J connectivity index is 1.40. The third-order valence-corrected chi connectivity index (χ3v) is 6.62. The predicted molar refractivity (Wildman–Crippen MR) is 105 cm³/mol. The van der Waals surface area contributed by atoms with Crippen molar-refractivity contribution in [2.75, 3.05) is 26.8 Å². The highest BCUT2D eigenvalue weighted by molar-refractivity contribution is 5.64. The molecule has 0 bridgehead atoms. The summed E-state index contributed by atoms with van der Waals surface area (Å²) in [6.07, 6.45) is 8.41. The second-order valence-corrected chi connectivity index (χ2v) is 8.50. The molecule has 1 saturated carbocycles. The van der Waals surface area contributed by atoms with E-state index in [2.05, 4.69) is 41.6 Å². The van der Waals surface area contributed by atoms with E-state index in [1.54, 1.807) is 7.11 Å². The Morgan fingerprint density at radius 1 is 1.11 bits per heavy atom. The van der Waals surface area contributed by atoms with Crippen molar-refractivity contribution in [3.63, 3.8) is 0 Å². The zero-order chi connectivity index (χ0) is 18.5. The summed E-state index contributed by atoms with van der Waals surface area (Å²) >= 11 is 0. The quantitative estimate of drug-likeness (QED) is 0.828. The third-order valence-electron chi connectivity index (χ3n) is 6.62. The number of ether oxygens (including phenoxy) is 2. The van der Waals surface area contributed by atoms with Gasteiger partial charge >= 0.3 is 0 Å². The molecule has 0 amide bonds. The molecule has 0 radical (unpaired) electrons. The molecule has 2 aliphatic heterocycles. The van der Waals surface area contributed by atoms with Crippen LogP contribution in [-0.2, 0) is 4.74 Å². The van der Waals surface area contributed by atoms with Gasteiger partial charge in [0.1, 0.15) is 11.6 Å². The van der Waals surface area contributed by atoms with Gasteiger partial charge in [0, 0.05) is 43.1 Å². The van der Waals surface area contributed by atoms with Crippen LogP contribution in [0.5, 0.6) is 5.75 Å². The molecule has 3 fully saturated rings. The summed E-state index contributed by atoms with van der Waals surface area (Å²) in [6.45, 7) is 7.34. The number of methoxy groups -OCH3 is 1. The van der Waals surface area contributed by atoms with E-state index in [0.717, 1.165) is 49.2 Å². The summed E-state index contributed by atoms with van der Waals surface area (Å²) in [5, 5.41) is 0. The molecule has 27 heavy (non-hydrogen) atoms. The highest BCUT2D eigenvalue weighted by atomic mass is 16.5. The van der Waals surface area contributed by atoms with Crippen molar-refractivity contribution in [3.8, 4) is 17.1 Å². The highest BCUT2D eigenvalue weighted by Gasteiger charge is 2.43. The molecule has 5 heteroatoms. The average molecular weight is 367 g/mol. The summed E-state index contributed by atoms with van der Waals surface area (Å²) in [4.78, 5) is 7.39. The fourth-order valence-corrected chi connectivity index (χ4v) is 4.89. The first-order valence-electron chi connectivity index (χ1n) is 10.2. The fourth-order valence-electron chi connectivity index (χ4n) is 4.89. The van der Waals surface area contributed by atoms with E-state index >= 15 is 0 Å². The molecular formula is C22H29N3O2. The van der Waals surface area contributed by atoms with Gasteiger partial charge < -0.3 is 14.0 Å². The van der Waals surface area contributed by atoms with Crippen LogP contribution in [0.15, 0.2) is 24.5 Å². The van der Waals surface area contributed by atoms with Crippen LogP contribution >= 0.6 is 0 Å². The molecule has 1 aromatic carbocycles. The summed E-state index contributed by atoms with van der Waals surface area (Å²) in [7, 11) is 1.73. The maximum Gasteiger partial charge on any atom is 0.140 e. The first-order chi connectivity index (χ1) is 13.1. The van der Waals surface area contributed by atoms with Crippen LogP contribution in [0.2, 0.25) is 0 Å². The van der Waals surface area contributed by atoms with Crippen LogP contribution in [0.4, 0.5) is 0 Å². The van der Waals surface area contributed by atoms with Crippen molar-refractivity contribution in [2.45, 2.75) is 51.3 Å². The molecule has 3 atom stereocenters. The van der Waals surface area contributed by atoms with E-state index in [4.69, 9.17) is 14.5 Å². The number of benzene rings is 1. The third kappa shape index (κ3) is 3.07. The van der Waals surface area contributed by atoms with E-state index in [1.807, 2.05) is 6.20 Å². The monoisotopic (exact) mass is 367 g/mol. The number of morpholine rings is 1. The van der Waals surface area contributed by atoms with Crippen molar-refractivity contribution in [2.24, 2.45) is 5.92 Å². The number of hydrogen-bond donors (Lipinski definition) is 0. The normalized spacial score (nSPS) is 28.3. The Labute approximate surface area is 161 Å². The largest absolute Gasteiger partial charge is 0.496 e. The van der Waals surface area contributed by atoms with E-state index in [1.165, 1.54) is 24.0 Å². The van der Waals surface area contributed by atoms with Gasteiger partial charge in [-0.15, -0.1) is 0 Å². The number of rotatable bonds is 4. The van der Waals surface area contributed by atoms with Crippen LogP contribution < -0.4 is 4.74 Å². The Morgan fingerprint density at radius 3 is 2.74 bits per heavy atom. The van der Waals surface area contributed by atoms with E-state index in [9.17, 15) is 0 Å². The fraction of sp³-hybridized carbons (Fsp3) is 0.591. The summed E-state index contributed by atoms with van der Waals surface area (Å²) in [5.74, 6) is 2.83. The van der Waals surface area contributed by atoms with Crippen LogP contribution in [0.1, 0.15) is 36.4 Å². The van der Waals surface area contributed by atoms with Gasteiger partial charge in [0.15, 0.2) is 0 Å². The Bertz CT molecular complexity index is 842. The lowest BCUT2D eigenvalue weighted by Crippen LogP contribution is -2.46. The maximum absolute atomic E-state index is 6.18. The molecule has 1 aliphatic carbocycles. The SMILES string of the molecule is COc1cc(C)c(-c2nccn2[C@@H]2C[C@H]3CO[C@@H](C4CC4)CN3C2)cc1C. The van der Waals surface area contributed by atoms with Crippen LogP contribution in [0.3, 0.4) is 0 Å². The van der Waals surface area contributed by atoms with Crippen LogP contribution in [0.25, 0.3) is 11.4 Å². The number of hydrogen-bond acceptors (Lipinski definition) is 4. The number of aromatic nitrogens is 2. The van der Waals surface area contributed by atoms with Crippen LogP contribution in [-0.4, -0.2) is 53.4 Å². The van der Waals surface area contributed by atoms with Gasteiger partial charge in [0.25, 0.3) is 0 Å². The summed E-state index contributed by atoms with van der Waals surface area (Å²) in [5.41, 5.74) is 3.56. The predicted octanol–water partition coefficient (Wildman–Crippen LogP) is 3.60. The first kappa shape index (κ1) is 17.3. The van der Waals surface area contributed by atoms with E-state index in [-0.39, 0.29) is 0 Å². The first-order valence-corrected chi connectivity index (χ1v) is 10.2. The number of aryl methyl sites for hydroxylation is 2. The zero-order valence-electron chi connectivity index (χ0n) is 16.5. The Hall–Kier alpha value is -1.85. The molecule has 0 N–H and O–H groups in total. The minimum atomic E-state index is 0.466. The molecule has 3 heterocycles. The number of fused-ring (bicyclic) bond motifs is 1. The summed E-state index contributed by atoms with van der Waals surface area (Å²) in [6, 6.07) is 5.35. The van der Waals surface area contributed by atoms with Gasteiger partial charge in [-0.1, -0.05) is 0 Å². The Morgan fingerprint density at radius 2 is 1.96 bits per heavy atom. The molecule has 5 rings (SSSR count). The minimum Gasteiger partial charge on any atom is -0.496 e. The molecule has 5 nitrogen and oxygen atoms in total. The molecule has 2 aromatic rings. The zero-order valence-corrected chi connectivity index (χ0v) is 16.5. The van der Waals surface area contributed by atoms with Crippen molar-refractivity contribution in [1.29, 1.82) is 0 Å². The molecule has 2 saturated heterocycles. The van der Waals surface area contributed by atoms with Gasteiger partial charge in [-0.3, -0.25) is 4.90 Å². The molecule has 0 spiro atoms. The lowest BCUT2D eigenvalue weighted by atomic mass is 10.0. The second kappa shape index (κ2) is 6.64. The average Bonchev–Trinajstić information content (AvgIpc) is 3.25. The van der Waals surface area contributed by atoms with Gasteiger partial charge in [-0.2, -0.15) is 0 Å². The maximum atomic E-state index is 6.18. The smallest absolute Gasteiger partial charge is 0.140 e.